The van der Waals surface area contributed by atoms with Gasteiger partial charge in [0.15, 0.2) is 5.58 Å². The van der Waals surface area contributed by atoms with E-state index < -0.39 is 16.6 Å². The lowest BCUT2D eigenvalue weighted by atomic mass is 9.98. The van der Waals surface area contributed by atoms with Gasteiger partial charge in [0.25, 0.3) is 5.69 Å². The second-order valence-corrected chi connectivity index (χ2v) is 5.61. The van der Waals surface area contributed by atoms with E-state index >= 15 is 0 Å². The Morgan fingerprint density at radius 1 is 1.35 bits per heavy atom. The summed E-state index contributed by atoms with van der Waals surface area (Å²) in [6.07, 6.45) is 4.83. The van der Waals surface area contributed by atoms with Crippen LogP contribution >= 0.6 is 0 Å². The third kappa shape index (κ3) is 3.25. The van der Waals surface area contributed by atoms with Crippen molar-refractivity contribution in [2.45, 2.75) is 44.8 Å². The van der Waals surface area contributed by atoms with Crippen LogP contribution in [0.25, 0.3) is 11.1 Å². The van der Waals surface area contributed by atoms with Crippen molar-refractivity contribution in [1.29, 1.82) is 0 Å². The lowest BCUT2D eigenvalue weighted by Gasteiger charge is -2.21. The molecule has 0 saturated heterocycles. The summed E-state index contributed by atoms with van der Waals surface area (Å²) in [7, 11) is 0. The van der Waals surface area contributed by atoms with Gasteiger partial charge in [-0.2, -0.15) is 0 Å². The number of nitrogens with zero attached hydrogens (tertiary/aromatic N) is 2. The van der Waals surface area contributed by atoms with Crippen molar-refractivity contribution in [3.63, 3.8) is 0 Å². The molecule has 0 bridgehead atoms. The standard InChI is InChI=1S/C15H16N2O6/c18-14(22-11-4-2-1-3-5-11)9-16-12-7-6-10(17(20)21)8-13(12)23-15(16)19/h6-8,11H,1-5,9H2. The van der Waals surface area contributed by atoms with Crippen LogP contribution in [0.2, 0.25) is 0 Å². The van der Waals surface area contributed by atoms with E-state index in [-0.39, 0.29) is 23.9 Å². The van der Waals surface area contributed by atoms with Crippen LogP contribution in [-0.2, 0) is 16.1 Å². The van der Waals surface area contributed by atoms with Crippen LogP contribution in [-0.4, -0.2) is 21.6 Å². The number of aromatic nitrogens is 1. The van der Waals surface area contributed by atoms with Crippen molar-refractivity contribution in [3.05, 3.63) is 38.9 Å². The number of rotatable bonds is 4. The van der Waals surface area contributed by atoms with E-state index in [9.17, 15) is 19.7 Å². The minimum Gasteiger partial charge on any atom is -0.461 e. The third-order valence-electron chi connectivity index (χ3n) is 4.00. The van der Waals surface area contributed by atoms with Crippen molar-refractivity contribution in [2.75, 3.05) is 0 Å². The maximum Gasteiger partial charge on any atom is 0.420 e. The third-order valence-corrected chi connectivity index (χ3v) is 4.00. The normalized spacial score (nSPS) is 15.7. The maximum atomic E-state index is 12.0. The molecule has 0 N–H and O–H groups in total. The Labute approximate surface area is 130 Å². The van der Waals surface area contributed by atoms with Crippen molar-refractivity contribution < 1.29 is 18.9 Å². The number of benzene rings is 1. The molecule has 0 atom stereocenters. The second-order valence-electron chi connectivity index (χ2n) is 5.61. The number of hydrogen-bond donors (Lipinski definition) is 0. The Morgan fingerprint density at radius 2 is 2.09 bits per heavy atom. The number of nitro groups is 1. The predicted octanol–water partition coefficient (Wildman–Crippen LogP) is 2.38. The molecule has 0 unspecified atom stereocenters. The monoisotopic (exact) mass is 320 g/mol. The molecule has 1 aliphatic rings. The fourth-order valence-corrected chi connectivity index (χ4v) is 2.85. The van der Waals surface area contributed by atoms with Crippen LogP contribution in [0.4, 0.5) is 5.69 Å². The molecule has 122 valence electrons. The van der Waals surface area contributed by atoms with Gasteiger partial charge < -0.3 is 9.15 Å². The lowest BCUT2D eigenvalue weighted by molar-refractivity contribution is -0.384. The molecule has 8 nitrogen and oxygen atoms in total. The van der Waals surface area contributed by atoms with Gasteiger partial charge in [-0.15, -0.1) is 0 Å². The van der Waals surface area contributed by atoms with Crippen molar-refractivity contribution >= 4 is 22.8 Å². The number of non-ortho nitro benzene ring substituents is 1. The number of ether oxygens (including phenoxy) is 1. The average molecular weight is 320 g/mol. The predicted molar refractivity (Wildman–Crippen MR) is 80.1 cm³/mol. The van der Waals surface area contributed by atoms with Crippen LogP contribution in [0.5, 0.6) is 0 Å². The Morgan fingerprint density at radius 3 is 2.78 bits per heavy atom. The first-order valence-electron chi connectivity index (χ1n) is 7.52. The Bertz CT molecular complexity index is 800. The smallest absolute Gasteiger partial charge is 0.420 e. The number of carbonyl (C=O) groups is 1. The maximum absolute atomic E-state index is 12.0. The van der Waals surface area contributed by atoms with Crippen molar-refractivity contribution in [2.24, 2.45) is 0 Å². The molecule has 3 rings (SSSR count). The van der Waals surface area contributed by atoms with E-state index in [1.807, 2.05) is 0 Å². The fourth-order valence-electron chi connectivity index (χ4n) is 2.85. The first-order valence-corrected chi connectivity index (χ1v) is 7.52. The molecule has 1 saturated carbocycles. The quantitative estimate of drug-likeness (QED) is 0.486. The molecule has 0 amide bonds. The summed E-state index contributed by atoms with van der Waals surface area (Å²) in [5, 5.41) is 10.7. The summed E-state index contributed by atoms with van der Waals surface area (Å²) in [5.74, 6) is -1.24. The van der Waals surface area contributed by atoms with E-state index in [2.05, 4.69) is 0 Å². The van der Waals surface area contributed by atoms with Crippen LogP contribution in [0.3, 0.4) is 0 Å². The Kier molecular flexibility index (Phi) is 4.14. The highest BCUT2D eigenvalue weighted by Gasteiger charge is 2.20. The minimum atomic E-state index is -0.735. The number of nitro benzene ring substituents is 1. The largest absolute Gasteiger partial charge is 0.461 e. The van der Waals surface area contributed by atoms with E-state index in [1.165, 1.54) is 18.2 Å². The van der Waals surface area contributed by atoms with Gasteiger partial charge in [0.1, 0.15) is 12.6 Å². The van der Waals surface area contributed by atoms with E-state index in [4.69, 9.17) is 9.15 Å². The molecule has 1 fully saturated rings. The summed E-state index contributed by atoms with van der Waals surface area (Å²) in [4.78, 5) is 34.0. The summed E-state index contributed by atoms with van der Waals surface area (Å²) < 4.78 is 11.5. The highest BCUT2D eigenvalue weighted by molar-refractivity contribution is 5.78. The van der Waals surface area contributed by atoms with Gasteiger partial charge in [-0.3, -0.25) is 19.5 Å². The topological polar surface area (TPSA) is 105 Å². The lowest BCUT2D eigenvalue weighted by Crippen LogP contribution is -2.26. The Hall–Kier alpha value is -2.64. The van der Waals surface area contributed by atoms with E-state index in [0.29, 0.717) is 5.52 Å². The zero-order valence-corrected chi connectivity index (χ0v) is 12.4. The second kappa shape index (κ2) is 6.23. The molecule has 2 aromatic rings. The molecule has 0 radical (unpaired) electrons. The van der Waals surface area contributed by atoms with Gasteiger partial charge in [0.2, 0.25) is 0 Å². The number of fused-ring (bicyclic) bond motifs is 1. The number of oxazole rings is 1. The molecule has 0 aliphatic heterocycles. The molecule has 1 aliphatic carbocycles. The van der Waals surface area contributed by atoms with Gasteiger partial charge in [-0.1, -0.05) is 6.42 Å². The minimum absolute atomic E-state index is 0.0784. The molecule has 23 heavy (non-hydrogen) atoms. The first-order chi connectivity index (χ1) is 11.0. The highest BCUT2D eigenvalue weighted by atomic mass is 16.6. The van der Waals surface area contributed by atoms with Crippen molar-refractivity contribution in [1.82, 2.24) is 4.57 Å². The van der Waals surface area contributed by atoms with Gasteiger partial charge >= 0.3 is 11.7 Å². The SMILES string of the molecule is O=C(Cn1c(=O)oc2cc([N+](=O)[O-])ccc21)OC1CCCCC1. The van der Waals surface area contributed by atoms with Gasteiger partial charge in [-0.05, 0) is 31.7 Å². The van der Waals surface area contributed by atoms with Gasteiger partial charge in [0, 0.05) is 6.07 Å². The number of hydrogen-bond acceptors (Lipinski definition) is 6. The summed E-state index contributed by atoms with van der Waals surface area (Å²) in [6, 6.07) is 3.83. The van der Waals surface area contributed by atoms with Crippen LogP contribution in [0.1, 0.15) is 32.1 Å². The molecular formula is C15H16N2O6. The summed E-state index contributed by atoms with van der Waals surface area (Å²) >= 11 is 0. The summed E-state index contributed by atoms with van der Waals surface area (Å²) in [5.41, 5.74) is 0.235. The van der Waals surface area contributed by atoms with E-state index in [0.717, 1.165) is 36.7 Å². The molecule has 1 aromatic heterocycles. The average Bonchev–Trinajstić information content (AvgIpc) is 2.83. The molecule has 8 heteroatoms. The van der Waals surface area contributed by atoms with Crippen LogP contribution in [0, 0.1) is 10.1 Å². The molecule has 1 heterocycles. The van der Waals surface area contributed by atoms with Crippen LogP contribution < -0.4 is 5.76 Å². The summed E-state index contributed by atoms with van der Waals surface area (Å²) in [6.45, 7) is -0.264. The number of carbonyl (C=O) groups excluding carboxylic acids is 1. The van der Waals surface area contributed by atoms with E-state index in [1.54, 1.807) is 0 Å². The van der Waals surface area contributed by atoms with Crippen molar-refractivity contribution in [3.8, 4) is 0 Å². The fraction of sp³-hybridized carbons (Fsp3) is 0.467. The van der Waals surface area contributed by atoms with Gasteiger partial charge in [-0.25, -0.2) is 4.79 Å². The Balaban J connectivity index is 1.79. The zero-order chi connectivity index (χ0) is 16.4. The van der Waals surface area contributed by atoms with Crippen LogP contribution in [0.15, 0.2) is 27.4 Å². The molecular weight excluding hydrogens is 304 g/mol. The molecule has 1 aromatic carbocycles. The zero-order valence-electron chi connectivity index (χ0n) is 12.4. The van der Waals surface area contributed by atoms with Gasteiger partial charge in [0.05, 0.1) is 16.5 Å². The molecule has 0 spiro atoms. The first kappa shape index (κ1) is 15.3. The number of esters is 1. The highest BCUT2D eigenvalue weighted by Crippen LogP contribution is 2.22.